The number of nitrogens with zero attached hydrogens (tertiary/aromatic N) is 3. The zero-order valence-corrected chi connectivity index (χ0v) is 16.5. The maximum atomic E-state index is 12.3. The molecule has 6 nitrogen and oxygen atoms in total. The highest BCUT2D eigenvalue weighted by Crippen LogP contribution is 2.33. The van der Waals surface area contributed by atoms with Crippen molar-refractivity contribution in [1.29, 1.82) is 5.41 Å². The Bertz CT molecular complexity index is 868. The average Bonchev–Trinajstić information content (AvgIpc) is 2.96. The van der Waals surface area contributed by atoms with Gasteiger partial charge in [-0.3, -0.25) is 20.0 Å². The molecule has 0 bridgehead atoms. The number of carbonyl (C=O) groups excluding carboxylic acids is 1. The van der Waals surface area contributed by atoms with Gasteiger partial charge in [0.15, 0.2) is 5.96 Å². The monoisotopic (exact) mass is 367 g/mol. The summed E-state index contributed by atoms with van der Waals surface area (Å²) in [6, 6.07) is 8.55. The van der Waals surface area contributed by atoms with E-state index in [0.29, 0.717) is 12.3 Å². The second-order valence-electron chi connectivity index (χ2n) is 8.38. The normalized spacial score (nSPS) is 27.2. The number of likely N-dealkylation sites (tertiary alicyclic amines) is 1. The van der Waals surface area contributed by atoms with E-state index in [0.717, 1.165) is 32.5 Å². The zero-order chi connectivity index (χ0) is 19.2. The lowest BCUT2D eigenvalue weighted by atomic mass is 9.76. The van der Waals surface area contributed by atoms with E-state index in [1.54, 1.807) is 7.05 Å². The van der Waals surface area contributed by atoms with Crippen LogP contribution in [0.15, 0.2) is 30.5 Å². The molecule has 0 spiro atoms. The van der Waals surface area contributed by atoms with E-state index in [1.165, 1.54) is 21.4 Å². The summed E-state index contributed by atoms with van der Waals surface area (Å²) in [4.78, 5) is 16.2. The molecule has 3 heterocycles. The first kappa shape index (κ1) is 18.0. The third-order valence-corrected chi connectivity index (χ3v) is 6.41. The fourth-order valence-corrected chi connectivity index (χ4v) is 4.71. The molecule has 2 aromatic rings. The average molecular weight is 367 g/mol. The summed E-state index contributed by atoms with van der Waals surface area (Å²) < 4.78 is 2.20. The van der Waals surface area contributed by atoms with E-state index in [2.05, 4.69) is 59.2 Å². The molecule has 2 aliphatic rings. The molecule has 6 heteroatoms. The summed E-state index contributed by atoms with van der Waals surface area (Å²) in [5.41, 5.74) is 2.29. The van der Waals surface area contributed by atoms with Crippen molar-refractivity contribution < 1.29 is 4.79 Å². The van der Waals surface area contributed by atoms with E-state index in [4.69, 9.17) is 5.41 Å². The Morgan fingerprint density at radius 3 is 2.85 bits per heavy atom. The van der Waals surface area contributed by atoms with Gasteiger partial charge in [0.05, 0.1) is 12.0 Å². The minimum atomic E-state index is -0.335. The number of rotatable bonds is 3. The van der Waals surface area contributed by atoms with Crippen LogP contribution in [0.2, 0.25) is 0 Å². The van der Waals surface area contributed by atoms with Crippen LogP contribution >= 0.6 is 0 Å². The first-order valence-corrected chi connectivity index (χ1v) is 9.76. The van der Waals surface area contributed by atoms with Crippen molar-refractivity contribution in [3.8, 4) is 0 Å². The number of hydrogen-bond donors (Lipinski definition) is 2. The molecule has 2 N–H and O–H groups in total. The standard InChI is InChI=1S/C21H29N5O/c1-21(11-19(27)25(3)20(22)23-21)16-7-6-10-26(14-16)13-15-12-24(2)18-9-5-4-8-17(15)18/h4-5,8-9,12,16H,6-7,10-11,13-14H2,1-3H3,(H2,22,23)/t16?,21-/m0/s1. The number of amides is 1. The smallest absolute Gasteiger partial charge is 0.231 e. The first-order valence-electron chi connectivity index (χ1n) is 9.76. The van der Waals surface area contributed by atoms with Crippen LogP contribution in [-0.4, -0.2) is 51.9 Å². The van der Waals surface area contributed by atoms with Gasteiger partial charge in [-0.25, -0.2) is 0 Å². The minimum absolute atomic E-state index is 0.0347. The molecule has 144 valence electrons. The first-order chi connectivity index (χ1) is 12.9. The molecule has 0 radical (unpaired) electrons. The lowest BCUT2D eigenvalue weighted by Gasteiger charge is -2.47. The van der Waals surface area contributed by atoms with Crippen LogP contribution in [0.5, 0.6) is 0 Å². The third-order valence-electron chi connectivity index (χ3n) is 6.41. The molecule has 0 saturated carbocycles. The highest BCUT2D eigenvalue weighted by Gasteiger charge is 2.43. The predicted molar refractivity (Wildman–Crippen MR) is 108 cm³/mol. The summed E-state index contributed by atoms with van der Waals surface area (Å²) in [6.07, 6.45) is 4.92. The second-order valence-corrected chi connectivity index (χ2v) is 8.38. The van der Waals surface area contributed by atoms with Crippen molar-refractivity contribution in [3.05, 3.63) is 36.0 Å². The molecular weight excluding hydrogens is 338 g/mol. The number of carbonyl (C=O) groups is 1. The van der Waals surface area contributed by atoms with Crippen LogP contribution in [0, 0.1) is 11.3 Å². The maximum absolute atomic E-state index is 12.3. The Morgan fingerprint density at radius 2 is 2.07 bits per heavy atom. The number of para-hydroxylation sites is 1. The van der Waals surface area contributed by atoms with Gasteiger partial charge in [0.2, 0.25) is 5.91 Å². The Kier molecular flexibility index (Phi) is 4.46. The molecule has 1 aromatic heterocycles. The number of fused-ring (bicyclic) bond motifs is 1. The largest absolute Gasteiger partial charge is 0.350 e. The molecular formula is C21H29N5O. The van der Waals surface area contributed by atoms with Gasteiger partial charge >= 0.3 is 0 Å². The minimum Gasteiger partial charge on any atom is -0.350 e. The topological polar surface area (TPSA) is 64.4 Å². The van der Waals surface area contributed by atoms with Gasteiger partial charge in [-0.05, 0) is 43.9 Å². The molecule has 1 aromatic carbocycles. The SMILES string of the molecule is CN1C(=N)N[C@](C)(C2CCCN(Cc3cn(C)c4ccccc34)C2)CC1=O. The third kappa shape index (κ3) is 3.23. The van der Waals surface area contributed by atoms with E-state index in [-0.39, 0.29) is 17.4 Å². The van der Waals surface area contributed by atoms with Crippen LogP contribution in [0.25, 0.3) is 10.9 Å². The highest BCUT2D eigenvalue weighted by atomic mass is 16.2. The number of hydrogen-bond acceptors (Lipinski definition) is 3. The molecule has 2 saturated heterocycles. The fraction of sp³-hybridized carbons (Fsp3) is 0.524. The summed E-state index contributed by atoms with van der Waals surface area (Å²) in [7, 11) is 3.77. The number of guanidine groups is 1. The summed E-state index contributed by atoms with van der Waals surface area (Å²) in [6.45, 7) is 5.08. The van der Waals surface area contributed by atoms with Gasteiger partial charge in [0.1, 0.15) is 0 Å². The number of benzene rings is 1. The van der Waals surface area contributed by atoms with Crippen LogP contribution in [0.1, 0.15) is 31.7 Å². The van der Waals surface area contributed by atoms with Crippen LogP contribution in [0.4, 0.5) is 0 Å². The summed E-state index contributed by atoms with van der Waals surface area (Å²) >= 11 is 0. The summed E-state index contributed by atoms with van der Waals surface area (Å²) in [5, 5.41) is 12.7. The molecule has 27 heavy (non-hydrogen) atoms. The maximum Gasteiger partial charge on any atom is 0.231 e. The number of aryl methyl sites for hydroxylation is 1. The van der Waals surface area contributed by atoms with E-state index in [9.17, 15) is 4.79 Å². The van der Waals surface area contributed by atoms with Gasteiger partial charge < -0.3 is 9.88 Å². The molecule has 0 aliphatic carbocycles. The van der Waals surface area contributed by atoms with Gasteiger partial charge in [-0.2, -0.15) is 0 Å². The Labute approximate surface area is 160 Å². The highest BCUT2D eigenvalue weighted by molar-refractivity contribution is 5.98. The molecule has 4 rings (SSSR count). The van der Waals surface area contributed by atoms with Crippen molar-refractivity contribution in [2.45, 2.75) is 38.3 Å². The second kappa shape index (κ2) is 6.68. The summed E-state index contributed by atoms with van der Waals surface area (Å²) in [5.74, 6) is 0.617. The lowest BCUT2D eigenvalue weighted by molar-refractivity contribution is -0.130. The molecule has 1 unspecified atom stereocenters. The zero-order valence-electron chi connectivity index (χ0n) is 16.5. The van der Waals surface area contributed by atoms with E-state index < -0.39 is 0 Å². The van der Waals surface area contributed by atoms with Crippen molar-refractivity contribution in [3.63, 3.8) is 0 Å². The van der Waals surface area contributed by atoms with E-state index in [1.807, 2.05) is 0 Å². The van der Waals surface area contributed by atoms with Crippen molar-refractivity contribution in [1.82, 2.24) is 19.7 Å². The molecule has 2 fully saturated rings. The Hall–Kier alpha value is -2.34. The fourth-order valence-electron chi connectivity index (χ4n) is 4.71. The van der Waals surface area contributed by atoms with Crippen LogP contribution < -0.4 is 5.32 Å². The van der Waals surface area contributed by atoms with Gasteiger partial charge in [0, 0.05) is 44.3 Å². The number of nitrogens with one attached hydrogen (secondary N) is 2. The van der Waals surface area contributed by atoms with Crippen molar-refractivity contribution in [2.75, 3.05) is 20.1 Å². The van der Waals surface area contributed by atoms with Gasteiger partial charge in [-0.15, -0.1) is 0 Å². The van der Waals surface area contributed by atoms with Crippen molar-refractivity contribution >= 4 is 22.8 Å². The Morgan fingerprint density at radius 1 is 1.30 bits per heavy atom. The number of piperidine rings is 1. The van der Waals surface area contributed by atoms with Crippen LogP contribution in [-0.2, 0) is 18.4 Å². The van der Waals surface area contributed by atoms with Crippen molar-refractivity contribution in [2.24, 2.45) is 13.0 Å². The quantitative estimate of drug-likeness (QED) is 0.876. The molecule has 2 aliphatic heterocycles. The Balaban J connectivity index is 1.51. The molecule has 2 atom stereocenters. The van der Waals surface area contributed by atoms with Gasteiger partial charge in [0.25, 0.3) is 0 Å². The number of aromatic nitrogens is 1. The predicted octanol–water partition coefficient (Wildman–Crippen LogP) is 2.54. The van der Waals surface area contributed by atoms with Gasteiger partial charge in [-0.1, -0.05) is 18.2 Å². The molecule has 1 amide bonds. The van der Waals surface area contributed by atoms with E-state index >= 15 is 0 Å². The lowest BCUT2D eigenvalue weighted by Crippen LogP contribution is -2.64. The van der Waals surface area contributed by atoms with Crippen LogP contribution in [0.3, 0.4) is 0 Å².